The molecular weight excluding hydrogens is 234 g/mol. The number of hydrogen-bond acceptors (Lipinski definition) is 2. The number of aliphatic hydroxyl groups excluding tert-OH is 1. The van der Waals surface area contributed by atoms with Gasteiger partial charge in [0.1, 0.15) is 0 Å². The maximum atomic E-state index is 10.6. The first kappa shape index (κ1) is 12.4. The molecule has 1 saturated heterocycles. The van der Waals surface area contributed by atoms with Crippen molar-refractivity contribution in [1.29, 1.82) is 0 Å². The molecule has 0 bridgehead atoms. The monoisotopic (exact) mass is 253 g/mol. The number of benzene rings is 2. The molecule has 1 aliphatic rings. The molecule has 3 rings (SSSR count). The molecule has 0 radical (unpaired) electrons. The summed E-state index contributed by atoms with van der Waals surface area (Å²) >= 11 is 0. The smallest absolute Gasteiger partial charge is 0.0948 e. The van der Waals surface area contributed by atoms with Crippen molar-refractivity contribution in [2.45, 2.75) is 25.0 Å². The molecule has 2 atom stereocenters. The second-order valence-electron chi connectivity index (χ2n) is 5.10. The highest BCUT2D eigenvalue weighted by atomic mass is 16.3. The van der Waals surface area contributed by atoms with Crippen molar-refractivity contribution in [2.75, 3.05) is 6.54 Å². The fraction of sp³-hybridized carbons (Fsp3) is 0.294. The van der Waals surface area contributed by atoms with E-state index in [0.717, 1.165) is 36.1 Å². The van der Waals surface area contributed by atoms with E-state index in [2.05, 4.69) is 23.5 Å². The summed E-state index contributed by atoms with van der Waals surface area (Å²) in [6.45, 7) is 1.01. The summed E-state index contributed by atoms with van der Waals surface area (Å²) in [7, 11) is 0. The predicted molar refractivity (Wildman–Crippen MR) is 77.9 cm³/mol. The van der Waals surface area contributed by atoms with Crippen molar-refractivity contribution in [3.05, 3.63) is 60.2 Å². The van der Waals surface area contributed by atoms with Crippen molar-refractivity contribution in [3.63, 3.8) is 0 Å². The summed E-state index contributed by atoms with van der Waals surface area (Å²) < 4.78 is 0. The SMILES string of the molecule is OC(c1ccccc1-c1ccccc1)[C@@H]1CCCN1. The van der Waals surface area contributed by atoms with Gasteiger partial charge in [-0.1, -0.05) is 54.6 Å². The van der Waals surface area contributed by atoms with Crippen molar-refractivity contribution >= 4 is 0 Å². The van der Waals surface area contributed by atoms with E-state index in [9.17, 15) is 5.11 Å². The molecule has 1 heterocycles. The summed E-state index contributed by atoms with van der Waals surface area (Å²) in [4.78, 5) is 0. The molecule has 0 amide bonds. The number of nitrogens with one attached hydrogen (secondary N) is 1. The Hall–Kier alpha value is -1.64. The maximum absolute atomic E-state index is 10.6. The van der Waals surface area contributed by atoms with Gasteiger partial charge in [-0.3, -0.25) is 0 Å². The van der Waals surface area contributed by atoms with E-state index in [1.165, 1.54) is 0 Å². The first-order valence-electron chi connectivity index (χ1n) is 6.92. The van der Waals surface area contributed by atoms with Crippen molar-refractivity contribution in [3.8, 4) is 11.1 Å². The van der Waals surface area contributed by atoms with Crippen LogP contribution in [-0.4, -0.2) is 17.7 Å². The summed E-state index contributed by atoms with van der Waals surface area (Å²) in [5.41, 5.74) is 3.31. The molecule has 0 aromatic heterocycles. The van der Waals surface area contributed by atoms with Gasteiger partial charge in [0.25, 0.3) is 0 Å². The largest absolute Gasteiger partial charge is 0.387 e. The summed E-state index contributed by atoms with van der Waals surface area (Å²) in [6, 6.07) is 18.6. The first-order chi connectivity index (χ1) is 9.36. The van der Waals surface area contributed by atoms with Gasteiger partial charge in [-0.15, -0.1) is 0 Å². The van der Waals surface area contributed by atoms with Gasteiger partial charge in [0.2, 0.25) is 0 Å². The van der Waals surface area contributed by atoms with Crippen LogP contribution in [0.25, 0.3) is 11.1 Å². The van der Waals surface area contributed by atoms with Crippen molar-refractivity contribution < 1.29 is 5.11 Å². The number of hydrogen-bond donors (Lipinski definition) is 2. The van der Waals surface area contributed by atoms with Gasteiger partial charge < -0.3 is 10.4 Å². The Labute approximate surface area is 114 Å². The lowest BCUT2D eigenvalue weighted by atomic mass is 9.92. The topological polar surface area (TPSA) is 32.3 Å². The Morgan fingerprint density at radius 2 is 1.74 bits per heavy atom. The fourth-order valence-corrected chi connectivity index (χ4v) is 2.83. The van der Waals surface area contributed by atoms with Gasteiger partial charge in [0.15, 0.2) is 0 Å². The van der Waals surface area contributed by atoms with Crippen LogP contribution < -0.4 is 5.32 Å². The summed E-state index contributed by atoms with van der Waals surface area (Å²) in [5.74, 6) is 0. The lowest BCUT2D eigenvalue weighted by Crippen LogP contribution is -2.29. The minimum Gasteiger partial charge on any atom is -0.387 e. The molecule has 19 heavy (non-hydrogen) atoms. The van der Waals surface area contributed by atoms with E-state index in [-0.39, 0.29) is 6.04 Å². The molecule has 0 aliphatic carbocycles. The number of rotatable bonds is 3. The Kier molecular flexibility index (Phi) is 3.62. The van der Waals surface area contributed by atoms with Crippen LogP contribution in [0.3, 0.4) is 0 Å². The second-order valence-corrected chi connectivity index (χ2v) is 5.10. The van der Waals surface area contributed by atoms with Gasteiger partial charge in [0.05, 0.1) is 6.10 Å². The molecule has 0 spiro atoms. The Bertz CT molecular complexity index is 532. The van der Waals surface area contributed by atoms with E-state index in [0.29, 0.717) is 0 Å². The molecule has 1 aliphatic heterocycles. The minimum atomic E-state index is -0.432. The molecule has 98 valence electrons. The van der Waals surface area contributed by atoms with Crippen molar-refractivity contribution in [2.24, 2.45) is 0 Å². The Balaban J connectivity index is 1.97. The molecule has 2 aromatic carbocycles. The quantitative estimate of drug-likeness (QED) is 0.880. The highest BCUT2D eigenvalue weighted by Crippen LogP contribution is 2.31. The molecule has 1 unspecified atom stereocenters. The third-order valence-electron chi connectivity index (χ3n) is 3.84. The minimum absolute atomic E-state index is 0.185. The fourth-order valence-electron chi connectivity index (χ4n) is 2.83. The lowest BCUT2D eigenvalue weighted by molar-refractivity contribution is 0.138. The zero-order valence-electron chi connectivity index (χ0n) is 10.9. The molecule has 2 N–H and O–H groups in total. The third kappa shape index (κ3) is 2.55. The first-order valence-corrected chi connectivity index (χ1v) is 6.92. The van der Waals surface area contributed by atoms with E-state index in [4.69, 9.17) is 0 Å². The van der Waals surface area contributed by atoms with Crippen LogP contribution in [0.1, 0.15) is 24.5 Å². The van der Waals surface area contributed by atoms with E-state index in [1.54, 1.807) is 0 Å². The number of aliphatic hydroxyl groups is 1. The van der Waals surface area contributed by atoms with Gasteiger partial charge in [-0.05, 0) is 36.1 Å². The van der Waals surface area contributed by atoms with Crippen LogP contribution in [0.5, 0.6) is 0 Å². The highest BCUT2D eigenvalue weighted by Gasteiger charge is 2.25. The standard InChI is InChI=1S/C17H19NO/c19-17(16-11-6-12-18-16)15-10-5-4-9-14(15)13-7-2-1-3-8-13/h1-5,7-10,16-19H,6,11-12H2/t16-,17?/m0/s1. The van der Waals surface area contributed by atoms with E-state index in [1.807, 2.05) is 36.4 Å². The third-order valence-corrected chi connectivity index (χ3v) is 3.84. The summed E-state index contributed by atoms with van der Waals surface area (Å²) in [6.07, 6.45) is 1.76. The van der Waals surface area contributed by atoms with Gasteiger partial charge in [-0.2, -0.15) is 0 Å². The van der Waals surface area contributed by atoms with Crippen LogP contribution >= 0.6 is 0 Å². The van der Waals surface area contributed by atoms with Gasteiger partial charge >= 0.3 is 0 Å². The molecule has 2 nitrogen and oxygen atoms in total. The van der Waals surface area contributed by atoms with Crippen molar-refractivity contribution in [1.82, 2.24) is 5.32 Å². The average molecular weight is 253 g/mol. The van der Waals surface area contributed by atoms with Crippen LogP contribution in [0, 0.1) is 0 Å². The van der Waals surface area contributed by atoms with Crippen LogP contribution in [0.4, 0.5) is 0 Å². The second kappa shape index (κ2) is 5.55. The zero-order chi connectivity index (χ0) is 13.1. The average Bonchev–Trinajstić information content (AvgIpc) is 3.02. The van der Waals surface area contributed by atoms with Gasteiger partial charge in [-0.25, -0.2) is 0 Å². The highest BCUT2D eigenvalue weighted by molar-refractivity contribution is 5.67. The molecule has 2 aromatic rings. The van der Waals surface area contributed by atoms with E-state index < -0.39 is 6.10 Å². The summed E-state index contributed by atoms with van der Waals surface area (Å²) in [5, 5.41) is 14.0. The lowest BCUT2D eigenvalue weighted by Gasteiger charge is -2.21. The zero-order valence-corrected chi connectivity index (χ0v) is 10.9. The van der Waals surface area contributed by atoms with Crippen LogP contribution in [-0.2, 0) is 0 Å². The maximum Gasteiger partial charge on any atom is 0.0948 e. The van der Waals surface area contributed by atoms with Gasteiger partial charge in [0, 0.05) is 6.04 Å². The molecular formula is C17H19NO. The normalized spacial score (nSPS) is 20.4. The Morgan fingerprint density at radius 1 is 1.00 bits per heavy atom. The van der Waals surface area contributed by atoms with E-state index >= 15 is 0 Å². The van der Waals surface area contributed by atoms with Crippen LogP contribution in [0.2, 0.25) is 0 Å². The van der Waals surface area contributed by atoms with Crippen LogP contribution in [0.15, 0.2) is 54.6 Å². The molecule has 0 saturated carbocycles. The predicted octanol–water partition coefficient (Wildman–Crippen LogP) is 3.14. The molecule has 2 heteroatoms. The Morgan fingerprint density at radius 3 is 2.47 bits per heavy atom. The molecule has 1 fully saturated rings.